The van der Waals surface area contributed by atoms with Crippen molar-refractivity contribution in [1.29, 1.82) is 0 Å². The Kier molecular flexibility index (Phi) is 6.77. The largest absolute Gasteiger partial charge is 0.488 e. The highest BCUT2D eigenvalue weighted by molar-refractivity contribution is 7.89. The first-order valence-electron chi connectivity index (χ1n) is 9.92. The van der Waals surface area contributed by atoms with Gasteiger partial charge in [-0.3, -0.25) is 4.79 Å². The van der Waals surface area contributed by atoms with Crippen LogP contribution in [0.2, 0.25) is 0 Å². The number of nitrogens with one attached hydrogen (secondary N) is 1. The Hall–Kier alpha value is -3.17. The Balaban J connectivity index is 1.86. The van der Waals surface area contributed by atoms with Gasteiger partial charge in [-0.25, -0.2) is 18.2 Å². The molecule has 9 heteroatoms. The van der Waals surface area contributed by atoms with Crippen molar-refractivity contribution >= 4 is 21.6 Å². The molecule has 164 valence electrons. The van der Waals surface area contributed by atoms with Gasteiger partial charge in [0.05, 0.1) is 30.6 Å². The number of nitrogens with zero attached hydrogens (tertiary/aromatic N) is 2. The van der Waals surface area contributed by atoms with Gasteiger partial charge in [-0.2, -0.15) is 5.10 Å². The van der Waals surface area contributed by atoms with Crippen LogP contribution < -0.4 is 15.2 Å². The molecule has 0 aliphatic carbocycles. The molecule has 0 spiro atoms. The molecule has 3 N–H and O–H groups in total. The first kappa shape index (κ1) is 22.5. The molecule has 0 unspecified atom stereocenters. The number of sulfonamides is 1. The highest BCUT2D eigenvalue weighted by Gasteiger charge is 2.18. The molecule has 0 aliphatic rings. The van der Waals surface area contributed by atoms with Crippen LogP contribution in [0, 0.1) is 0 Å². The summed E-state index contributed by atoms with van der Waals surface area (Å²) in [5.74, 6) is 0.253. The number of rotatable bonds is 8. The fourth-order valence-electron chi connectivity index (χ4n) is 3.23. The molecule has 31 heavy (non-hydrogen) atoms. The van der Waals surface area contributed by atoms with Crippen molar-refractivity contribution in [2.75, 3.05) is 5.32 Å². The summed E-state index contributed by atoms with van der Waals surface area (Å²) in [7, 11) is -4.08. The van der Waals surface area contributed by atoms with E-state index in [9.17, 15) is 13.2 Å². The number of carbonyl (C=O) groups excluding carboxylic acids is 1. The second kappa shape index (κ2) is 9.32. The maximum Gasteiger partial charge on any atom is 0.240 e. The zero-order valence-corrected chi connectivity index (χ0v) is 18.5. The average Bonchev–Trinajstić information content (AvgIpc) is 3.15. The summed E-state index contributed by atoms with van der Waals surface area (Å²) in [6.45, 7) is 5.79. The van der Waals surface area contributed by atoms with E-state index in [2.05, 4.69) is 10.4 Å². The van der Waals surface area contributed by atoms with E-state index in [1.165, 1.54) is 16.9 Å². The van der Waals surface area contributed by atoms with E-state index in [1.807, 2.05) is 45.0 Å². The van der Waals surface area contributed by atoms with Crippen LogP contribution in [0.4, 0.5) is 5.69 Å². The second-order valence-electron chi connectivity index (χ2n) is 7.36. The van der Waals surface area contributed by atoms with E-state index >= 15 is 0 Å². The molecule has 8 nitrogen and oxygen atoms in total. The smallest absolute Gasteiger partial charge is 0.240 e. The first-order chi connectivity index (χ1) is 14.7. The van der Waals surface area contributed by atoms with Gasteiger partial charge in [0.25, 0.3) is 0 Å². The fraction of sp³-hybridized carbons (Fsp3) is 0.273. The predicted octanol–water partition coefficient (Wildman–Crippen LogP) is 3.05. The third-order valence-electron chi connectivity index (χ3n) is 4.58. The molecule has 1 aromatic heterocycles. The quantitative estimate of drug-likeness (QED) is 0.556. The van der Waals surface area contributed by atoms with Gasteiger partial charge in [0.1, 0.15) is 4.90 Å². The molecule has 1 amide bonds. The van der Waals surface area contributed by atoms with Gasteiger partial charge < -0.3 is 10.1 Å². The van der Waals surface area contributed by atoms with Crippen LogP contribution in [0.5, 0.6) is 5.75 Å². The summed E-state index contributed by atoms with van der Waals surface area (Å²) in [5.41, 5.74) is 2.62. The minimum atomic E-state index is -4.08. The number of aryl methyl sites for hydroxylation is 1. The highest BCUT2D eigenvalue weighted by atomic mass is 32.2. The molecular weight excluding hydrogens is 416 g/mol. The molecule has 0 bridgehead atoms. The third kappa shape index (κ3) is 5.71. The summed E-state index contributed by atoms with van der Waals surface area (Å²) in [6.07, 6.45) is 4.02. The number of aromatic nitrogens is 2. The Morgan fingerprint density at radius 2 is 1.90 bits per heavy atom. The number of ether oxygens (including phenoxy) is 1. The number of amides is 1. The van der Waals surface area contributed by atoms with Crippen molar-refractivity contribution in [2.45, 2.75) is 44.6 Å². The van der Waals surface area contributed by atoms with Gasteiger partial charge in [0.2, 0.25) is 15.9 Å². The van der Waals surface area contributed by atoms with Crippen molar-refractivity contribution < 1.29 is 17.9 Å². The van der Waals surface area contributed by atoms with Crippen molar-refractivity contribution in [3.63, 3.8) is 0 Å². The van der Waals surface area contributed by atoms with Gasteiger partial charge >= 0.3 is 0 Å². The topological polar surface area (TPSA) is 116 Å². The number of hydrogen-bond donors (Lipinski definition) is 2. The van der Waals surface area contributed by atoms with Crippen LogP contribution in [0.1, 0.15) is 31.9 Å². The minimum absolute atomic E-state index is 0.0502. The second-order valence-corrected chi connectivity index (χ2v) is 8.89. The van der Waals surface area contributed by atoms with E-state index in [-0.39, 0.29) is 29.0 Å². The van der Waals surface area contributed by atoms with Crippen molar-refractivity contribution in [2.24, 2.45) is 5.14 Å². The first-order valence-corrected chi connectivity index (χ1v) is 11.5. The third-order valence-corrected chi connectivity index (χ3v) is 5.52. The normalized spacial score (nSPS) is 11.5. The van der Waals surface area contributed by atoms with Gasteiger partial charge in [0.15, 0.2) is 5.75 Å². The summed E-state index contributed by atoms with van der Waals surface area (Å²) < 4.78 is 31.4. The number of anilines is 1. The monoisotopic (exact) mass is 442 g/mol. The van der Waals surface area contributed by atoms with Crippen molar-refractivity contribution in [3.05, 3.63) is 66.0 Å². The number of carbonyl (C=O) groups is 1. The molecule has 0 saturated heterocycles. The number of benzene rings is 2. The molecule has 2 aromatic carbocycles. The summed E-state index contributed by atoms with van der Waals surface area (Å²) in [4.78, 5) is 12.4. The molecular formula is C22H26N4O4S. The minimum Gasteiger partial charge on any atom is -0.488 e. The number of nitrogens with two attached hydrogens (primary N) is 1. The van der Waals surface area contributed by atoms with Crippen molar-refractivity contribution in [3.8, 4) is 11.4 Å². The van der Waals surface area contributed by atoms with Gasteiger partial charge in [0, 0.05) is 5.69 Å². The summed E-state index contributed by atoms with van der Waals surface area (Å²) in [6, 6.07) is 12.2. The summed E-state index contributed by atoms with van der Waals surface area (Å²) in [5, 5.41) is 12.3. The maximum absolute atomic E-state index is 12.5. The molecule has 3 rings (SSSR count). The molecule has 0 saturated carbocycles. The Morgan fingerprint density at radius 3 is 2.55 bits per heavy atom. The molecule has 0 fully saturated rings. The van der Waals surface area contributed by atoms with Gasteiger partial charge in [-0.15, -0.1) is 0 Å². The molecule has 0 atom stereocenters. The van der Waals surface area contributed by atoms with E-state index in [0.29, 0.717) is 11.4 Å². The van der Waals surface area contributed by atoms with E-state index in [0.717, 1.165) is 17.5 Å². The van der Waals surface area contributed by atoms with E-state index in [1.54, 1.807) is 18.3 Å². The lowest BCUT2D eigenvalue weighted by molar-refractivity contribution is -0.115. The molecule has 0 radical (unpaired) electrons. The molecule has 0 aliphatic heterocycles. The van der Waals surface area contributed by atoms with E-state index in [4.69, 9.17) is 9.88 Å². The van der Waals surface area contributed by atoms with Crippen molar-refractivity contribution in [1.82, 2.24) is 9.78 Å². The number of primary sulfonamides is 1. The SMILES string of the molecule is CCc1ccccc1CC(=O)Nc1ccc(-n2cc(OC(C)C)cn2)c(S(N)(=O)=O)c1. The lowest BCUT2D eigenvalue weighted by atomic mass is 10.0. The average molecular weight is 443 g/mol. The zero-order valence-electron chi connectivity index (χ0n) is 17.7. The molecule has 3 aromatic rings. The van der Waals surface area contributed by atoms with Crippen LogP contribution in [0.15, 0.2) is 59.8 Å². The summed E-state index contributed by atoms with van der Waals surface area (Å²) >= 11 is 0. The van der Waals surface area contributed by atoms with E-state index < -0.39 is 10.0 Å². The standard InChI is InChI=1S/C22H26N4O4S/c1-4-16-7-5-6-8-17(16)11-22(27)25-18-9-10-20(21(12-18)31(23,28)29)26-14-19(13-24-26)30-15(2)3/h5-10,12-15H,4,11H2,1-3H3,(H,25,27)(H2,23,28,29). The lowest BCUT2D eigenvalue weighted by Gasteiger charge is -2.12. The Labute approximate surface area is 182 Å². The van der Waals surface area contributed by atoms with Crippen LogP contribution in [0.25, 0.3) is 5.69 Å². The predicted molar refractivity (Wildman–Crippen MR) is 119 cm³/mol. The zero-order chi connectivity index (χ0) is 22.6. The van der Waals surface area contributed by atoms with Gasteiger partial charge in [-0.05, 0) is 49.6 Å². The Morgan fingerprint density at radius 1 is 1.19 bits per heavy atom. The molecule has 1 heterocycles. The Bertz CT molecular complexity index is 1190. The lowest BCUT2D eigenvalue weighted by Crippen LogP contribution is -2.18. The van der Waals surface area contributed by atoms with Crippen LogP contribution in [-0.4, -0.2) is 30.2 Å². The highest BCUT2D eigenvalue weighted by Crippen LogP contribution is 2.25. The van der Waals surface area contributed by atoms with Crippen LogP contribution in [-0.2, 0) is 27.7 Å². The van der Waals surface area contributed by atoms with Gasteiger partial charge in [-0.1, -0.05) is 31.2 Å². The maximum atomic E-state index is 12.5. The number of hydrogen-bond acceptors (Lipinski definition) is 5. The van der Waals surface area contributed by atoms with Crippen LogP contribution >= 0.6 is 0 Å². The fourth-order valence-corrected chi connectivity index (χ4v) is 3.98. The van der Waals surface area contributed by atoms with Crippen LogP contribution in [0.3, 0.4) is 0 Å².